The number of ether oxygens (including phenoxy) is 1. The van der Waals surface area contributed by atoms with Crippen molar-refractivity contribution in [2.45, 2.75) is 31.0 Å². The Morgan fingerprint density at radius 2 is 1.60 bits per heavy atom. The number of aromatic hydroxyl groups is 2. The fourth-order valence-electron chi connectivity index (χ4n) is 4.93. The molecule has 0 fully saturated rings. The molecule has 4 aromatic carbocycles. The first-order valence-electron chi connectivity index (χ1n) is 13.7. The summed E-state index contributed by atoms with van der Waals surface area (Å²) in [6, 6.07) is 26.2. The standard InChI is InChI=1S/C17H18F3NO.C16H16ClNO2.BrH/c1-21-12-11-16(13-5-3-2-4-6-13)22-15-9-7-14(8-10-15)17(18,19)20;17-15-11-6-7-18-9-13(10-4-2-1-3-5-10)12(11)8-14(19)16(15)20;/h2-10,16,21H,11-12H2,1H3;1-5,8,13,18-20H,6-7,9H2;1H/t;13-;/m.1./s1. The Balaban J connectivity index is 0.000000231. The molecule has 1 heterocycles. The molecule has 10 heteroatoms. The number of nitrogens with one attached hydrogen (secondary N) is 2. The van der Waals surface area contributed by atoms with E-state index in [1.807, 2.05) is 55.6 Å². The smallest absolute Gasteiger partial charge is 0.416 e. The largest absolute Gasteiger partial charge is 0.504 e. The predicted octanol–water partition coefficient (Wildman–Crippen LogP) is 8.04. The Morgan fingerprint density at radius 1 is 0.977 bits per heavy atom. The van der Waals surface area contributed by atoms with E-state index in [1.165, 1.54) is 17.7 Å². The molecule has 0 amide bonds. The number of phenols is 2. The van der Waals surface area contributed by atoms with Crippen LogP contribution >= 0.6 is 28.6 Å². The Bertz CT molecular complexity index is 1430. The predicted molar refractivity (Wildman–Crippen MR) is 170 cm³/mol. The van der Waals surface area contributed by atoms with Gasteiger partial charge in [0.2, 0.25) is 0 Å². The third kappa shape index (κ3) is 9.13. The van der Waals surface area contributed by atoms with Gasteiger partial charge >= 0.3 is 6.18 Å². The van der Waals surface area contributed by atoms with E-state index in [2.05, 4.69) is 22.8 Å². The number of hydrogen-bond acceptors (Lipinski definition) is 5. The summed E-state index contributed by atoms with van der Waals surface area (Å²) in [4.78, 5) is 0. The van der Waals surface area contributed by atoms with Gasteiger partial charge in [-0.3, -0.25) is 0 Å². The monoisotopic (exact) mass is 678 g/mol. The highest BCUT2D eigenvalue weighted by atomic mass is 79.9. The van der Waals surface area contributed by atoms with Gasteiger partial charge in [0, 0.05) is 18.9 Å². The first kappa shape index (κ1) is 34.3. The normalized spacial score (nSPS) is 15.1. The van der Waals surface area contributed by atoms with Crippen molar-refractivity contribution in [1.29, 1.82) is 0 Å². The van der Waals surface area contributed by atoms with Crippen molar-refractivity contribution in [3.05, 3.63) is 124 Å². The summed E-state index contributed by atoms with van der Waals surface area (Å²) >= 11 is 6.20. The minimum Gasteiger partial charge on any atom is -0.504 e. The molecule has 4 N–H and O–H groups in total. The van der Waals surface area contributed by atoms with E-state index in [-0.39, 0.29) is 45.5 Å². The molecule has 4 aromatic rings. The van der Waals surface area contributed by atoms with Crippen molar-refractivity contribution in [2.24, 2.45) is 0 Å². The Hall–Kier alpha value is -3.24. The van der Waals surface area contributed by atoms with Gasteiger partial charge in [-0.25, -0.2) is 0 Å². The third-order valence-electron chi connectivity index (χ3n) is 7.12. The maximum atomic E-state index is 12.6. The zero-order valence-corrected chi connectivity index (χ0v) is 26.0. The topological polar surface area (TPSA) is 73.8 Å². The van der Waals surface area contributed by atoms with Crippen LogP contribution in [-0.4, -0.2) is 36.9 Å². The van der Waals surface area contributed by atoms with Crippen LogP contribution in [0.25, 0.3) is 0 Å². The number of alkyl halides is 3. The molecule has 0 aliphatic carbocycles. The maximum absolute atomic E-state index is 12.6. The average molecular weight is 680 g/mol. The van der Waals surface area contributed by atoms with Crippen LogP contribution in [-0.2, 0) is 12.6 Å². The zero-order valence-electron chi connectivity index (χ0n) is 23.6. The molecular weight excluding hydrogens is 645 g/mol. The minimum absolute atomic E-state index is 0. The van der Waals surface area contributed by atoms with Crippen LogP contribution in [0.2, 0.25) is 5.02 Å². The van der Waals surface area contributed by atoms with Crippen molar-refractivity contribution in [2.75, 3.05) is 26.7 Å². The molecule has 5 nitrogen and oxygen atoms in total. The molecule has 0 spiro atoms. The molecule has 1 aliphatic rings. The van der Waals surface area contributed by atoms with E-state index in [0.717, 1.165) is 61.3 Å². The highest BCUT2D eigenvalue weighted by Crippen LogP contribution is 2.42. The van der Waals surface area contributed by atoms with Crippen molar-refractivity contribution in [1.82, 2.24) is 10.6 Å². The van der Waals surface area contributed by atoms with Gasteiger partial charge in [0.1, 0.15) is 11.9 Å². The molecule has 2 atom stereocenters. The Kier molecular flexibility index (Phi) is 12.7. The summed E-state index contributed by atoms with van der Waals surface area (Å²) < 4.78 is 43.6. The van der Waals surface area contributed by atoms with E-state index < -0.39 is 11.7 Å². The lowest BCUT2D eigenvalue weighted by molar-refractivity contribution is -0.137. The molecule has 0 saturated carbocycles. The quantitative estimate of drug-likeness (QED) is 0.149. The summed E-state index contributed by atoms with van der Waals surface area (Å²) in [6.45, 7) is 2.35. The molecule has 0 radical (unpaired) electrons. The number of fused-ring (bicyclic) bond motifs is 1. The first-order valence-corrected chi connectivity index (χ1v) is 14.1. The van der Waals surface area contributed by atoms with Crippen molar-refractivity contribution in [3.63, 3.8) is 0 Å². The highest BCUT2D eigenvalue weighted by Gasteiger charge is 2.30. The lowest BCUT2D eigenvalue weighted by Crippen LogP contribution is -2.20. The fourth-order valence-corrected chi connectivity index (χ4v) is 5.23. The van der Waals surface area contributed by atoms with Crippen LogP contribution in [0, 0.1) is 0 Å². The highest BCUT2D eigenvalue weighted by molar-refractivity contribution is 8.93. The number of halogens is 5. The van der Waals surface area contributed by atoms with Crippen molar-refractivity contribution in [3.8, 4) is 17.2 Å². The second kappa shape index (κ2) is 16.0. The van der Waals surface area contributed by atoms with E-state index in [9.17, 15) is 23.4 Å². The Morgan fingerprint density at radius 3 is 2.21 bits per heavy atom. The average Bonchev–Trinajstić information content (AvgIpc) is 3.22. The molecule has 0 saturated heterocycles. The number of benzene rings is 4. The van der Waals surface area contributed by atoms with Crippen LogP contribution in [0.1, 0.15) is 46.3 Å². The van der Waals surface area contributed by atoms with Gasteiger partial charge in [-0.05, 0) is 79.1 Å². The summed E-state index contributed by atoms with van der Waals surface area (Å²) in [5.41, 5.74) is 3.40. The van der Waals surface area contributed by atoms with Crippen LogP contribution in [0.4, 0.5) is 13.2 Å². The van der Waals surface area contributed by atoms with E-state index in [1.54, 1.807) is 6.07 Å². The molecule has 5 rings (SSSR count). The van der Waals surface area contributed by atoms with Gasteiger partial charge in [0.25, 0.3) is 0 Å². The van der Waals surface area contributed by atoms with Crippen LogP contribution in [0.5, 0.6) is 17.2 Å². The summed E-state index contributed by atoms with van der Waals surface area (Å²) in [6.07, 6.45) is -3.07. The summed E-state index contributed by atoms with van der Waals surface area (Å²) in [5, 5.41) is 26.4. The van der Waals surface area contributed by atoms with Crippen molar-refractivity contribution >= 4 is 28.6 Å². The first-order chi connectivity index (χ1) is 20.2. The van der Waals surface area contributed by atoms with E-state index in [0.29, 0.717) is 5.75 Å². The van der Waals surface area contributed by atoms with Gasteiger partial charge < -0.3 is 25.6 Å². The van der Waals surface area contributed by atoms with Crippen LogP contribution in [0.15, 0.2) is 91.0 Å². The lowest BCUT2D eigenvalue weighted by atomic mass is 9.87. The number of hydrogen-bond donors (Lipinski definition) is 4. The fraction of sp³-hybridized carbons (Fsp3) is 0.273. The summed E-state index contributed by atoms with van der Waals surface area (Å²) in [7, 11) is 1.85. The minimum atomic E-state index is -4.33. The van der Waals surface area contributed by atoms with Gasteiger partial charge in [-0.15, -0.1) is 17.0 Å². The molecule has 0 bridgehead atoms. The second-order valence-corrected chi connectivity index (χ2v) is 10.4. The molecule has 1 aliphatic heterocycles. The second-order valence-electron chi connectivity index (χ2n) is 9.97. The Labute approximate surface area is 265 Å². The third-order valence-corrected chi connectivity index (χ3v) is 7.53. The molecule has 0 aromatic heterocycles. The van der Waals surface area contributed by atoms with Crippen LogP contribution in [0.3, 0.4) is 0 Å². The lowest BCUT2D eigenvalue weighted by Gasteiger charge is -2.20. The molecule has 1 unspecified atom stereocenters. The van der Waals surface area contributed by atoms with E-state index in [4.69, 9.17) is 16.3 Å². The van der Waals surface area contributed by atoms with Crippen LogP contribution < -0.4 is 15.4 Å². The van der Waals surface area contributed by atoms with Crippen molar-refractivity contribution < 1.29 is 28.1 Å². The maximum Gasteiger partial charge on any atom is 0.416 e. The number of rotatable bonds is 7. The van der Waals surface area contributed by atoms with E-state index >= 15 is 0 Å². The molecule has 230 valence electrons. The summed E-state index contributed by atoms with van der Waals surface area (Å²) in [5.74, 6) is 0.173. The number of phenolic OH excluding ortho intramolecular Hbond substituents is 2. The van der Waals surface area contributed by atoms with Gasteiger partial charge in [0.15, 0.2) is 11.5 Å². The molecule has 43 heavy (non-hydrogen) atoms. The zero-order chi connectivity index (χ0) is 30.1. The van der Waals surface area contributed by atoms with Gasteiger partial charge in [-0.1, -0.05) is 72.3 Å². The molecular formula is C33H35BrClF3N2O3. The van der Waals surface area contributed by atoms with Gasteiger partial charge in [-0.2, -0.15) is 13.2 Å². The van der Waals surface area contributed by atoms with Gasteiger partial charge in [0.05, 0.1) is 10.6 Å². The SMILES string of the molecule is Br.CNCCC(Oc1ccc(C(F)(F)F)cc1)c1ccccc1.Oc1cc2c(c(Cl)c1O)CCNC[C@@H]2c1ccccc1.